The van der Waals surface area contributed by atoms with E-state index >= 15 is 0 Å². The zero-order chi connectivity index (χ0) is 14.2. The second kappa shape index (κ2) is 5.16. The number of benzene rings is 1. The topological polar surface area (TPSA) is 29.5 Å². The van der Waals surface area contributed by atoms with Crippen LogP contribution in [0.2, 0.25) is 0 Å². The molecule has 0 aromatic heterocycles. The molecule has 2 rings (SSSR count). The standard InChI is InChI=1S/C17H26O2/c1-11-6-7-17(18,10-14(11)4)15-8-13(3)16(19-5)9-12(15)2/h8-9,11,14,18H,6-7,10H2,1-5H3. The van der Waals surface area contributed by atoms with Crippen molar-refractivity contribution >= 4 is 0 Å². The number of aryl methyl sites for hydroxylation is 2. The van der Waals surface area contributed by atoms with Crippen LogP contribution in [0.25, 0.3) is 0 Å². The van der Waals surface area contributed by atoms with Crippen LogP contribution in [0, 0.1) is 25.7 Å². The summed E-state index contributed by atoms with van der Waals surface area (Å²) in [6.45, 7) is 8.65. The monoisotopic (exact) mass is 262 g/mol. The first-order valence-corrected chi connectivity index (χ1v) is 7.25. The Morgan fingerprint density at radius 3 is 2.42 bits per heavy atom. The molecule has 2 nitrogen and oxygen atoms in total. The first-order chi connectivity index (χ1) is 8.87. The van der Waals surface area contributed by atoms with Crippen LogP contribution in [-0.4, -0.2) is 12.2 Å². The van der Waals surface area contributed by atoms with Crippen LogP contribution in [0.4, 0.5) is 0 Å². The van der Waals surface area contributed by atoms with E-state index in [1.807, 2.05) is 13.0 Å². The van der Waals surface area contributed by atoms with E-state index in [0.29, 0.717) is 11.8 Å². The summed E-state index contributed by atoms with van der Waals surface area (Å²) in [6, 6.07) is 4.15. The molecule has 1 aromatic carbocycles. The third-order valence-corrected chi connectivity index (χ3v) is 4.89. The van der Waals surface area contributed by atoms with E-state index in [2.05, 4.69) is 26.8 Å². The van der Waals surface area contributed by atoms with Crippen LogP contribution in [0.3, 0.4) is 0 Å². The van der Waals surface area contributed by atoms with Crippen molar-refractivity contribution in [3.05, 3.63) is 28.8 Å². The fraction of sp³-hybridized carbons (Fsp3) is 0.647. The van der Waals surface area contributed by atoms with Gasteiger partial charge in [-0.1, -0.05) is 13.8 Å². The SMILES string of the molecule is COc1cc(C)c(C2(O)CCC(C)C(C)C2)cc1C. The molecule has 106 valence electrons. The van der Waals surface area contributed by atoms with Crippen molar-refractivity contribution in [1.29, 1.82) is 0 Å². The smallest absolute Gasteiger partial charge is 0.122 e. The van der Waals surface area contributed by atoms with Gasteiger partial charge < -0.3 is 9.84 Å². The van der Waals surface area contributed by atoms with Gasteiger partial charge in [0.15, 0.2) is 0 Å². The van der Waals surface area contributed by atoms with E-state index in [-0.39, 0.29) is 0 Å². The van der Waals surface area contributed by atoms with E-state index in [4.69, 9.17) is 4.74 Å². The molecule has 3 unspecified atom stereocenters. The summed E-state index contributed by atoms with van der Waals surface area (Å²) in [7, 11) is 1.69. The maximum absolute atomic E-state index is 11.1. The lowest BCUT2D eigenvalue weighted by Crippen LogP contribution is -2.36. The lowest BCUT2D eigenvalue weighted by Gasteiger charge is -2.40. The minimum atomic E-state index is -0.660. The first kappa shape index (κ1) is 14.4. The fourth-order valence-electron chi connectivity index (χ4n) is 3.34. The van der Waals surface area contributed by atoms with Crippen molar-refractivity contribution < 1.29 is 9.84 Å². The Balaban J connectivity index is 2.38. The molecule has 1 aromatic rings. The van der Waals surface area contributed by atoms with Gasteiger partial charge in [-0.2, -0.15) is 0 Å². The molecule has 3 atom stereocenters. The predicted octanol–water partition coefficient (Wildman–Crippen LogP) is 3.96. The summed E-state index contributed by atoms with van der Waals surface area (Å²) in [4.78, 5) is 0. The van der Waals surface area contributed by atoms with Gasteiger partial charge in [-0.25, -0.2) is 0 Å². The van der Waals surface area contributed by atoms with E-state index < -0.39 is 5.60 Å². The van der Waals surface area contributed by atoms with Gasteiger partial charge >= 0.3 is 0 Å². The molecule has 0 bridgehead atoms. The maximum Gasteiger partial charge on any atom is 0.122 e. The normalized spacial score (nSPS) is 31.3. The lowest BCUT2D eigenvalue weighted by atomic mass is 9.69. The van der Waals surface area contributed by atoms with Crippen molar-refractivity contribution in [2.24, 2.45) is 11.8 Å². The molecule has 0 spiro atoms. The van der Waals surface area contributed by atoms with E-state index in [1.54, 1.807) is 7.11 Å². The Morgan fingerprint density at radius 1 is 1.16 bits per heavy atom. The molecule has 0 aliphatic heterocycles. The number of ether oxygens (including phenoxy) is 1. The summed E-state index contributed by atoms with van der Waals surface area (Å²) >= 11 is 0. The van der Waals surface area contributed by atoms with Gasteiger partial charge in [0.1, 0.15) is 5.75 Å². The van der Waals surface area contributed by atoms with Crippen molar-refractivity contribution in [3.8, 4) is 5.75 Å². The molecule has 1 saturated carbocycles. The second-order valence-corrected chi connectivity index (χ2v) is 6.37. The van der Waals surface area contributed by atoms with Gasteiger partial charge in [-0.05, 0) is 73.8 Å². The quantitative estimate of drug-likeness (QED) is 0.874. The van der Waals surface area contributed by atoms with Crippen LogP contribution < -0.4 is 4.74 Å². The number of hydrogen-bond donors (Lipinski definition) is 1. The number of methoxy groups -OCH3 is 1. The highest BCUT2D eigenvalue weighted by Gasteiger charge is 2.38. The summed E-state index contributed by atoms with van der Waals surface area (Å²) in [5.41, 5.74) is 2.66. The average Bonchev–Trinajstić information content (AvgIpc) is 2.36. The molecule has 1 aliphatic carbocycles. The van der Waals surface area contributed by atoms with E-state index in [0.717, 1.165) is 41.7 Å². The Morgan fingerprint density at radius 2 is 1.84 bits per heavy atom. The minimum Gasteiger partial charge on any atom is -0.496 e. The molecular formula is C17H26O2. The zero-order valence-corrected chi connectivity index (χ0v) is 12.8. The highest BCUT2D eigenvalue weighted by Crippen LogP contribution is 2.44. The van der Waals surface area contributed by atoms with Crippen LogP contribution in [0.1, 0.15) is 49.8 Å². The Hall–Kier alpha value is -1.02. The third-order valence-electron chi connectivity index (χ3n) is 4.89. The van der Waals surface area contributed by atoms with Crippen LogP contribution in [0.15, 0.2) is 12.1 Å². The van der Waals surface area contributed by atoms with Gasteiger partial charge in [-0.3, -0.25) is 0 Å². The zero-order valence-electron chi connectivity index (χ0n) is 12.8. The van der Waals surface area contributed by atoms with Crippen LogP contribution in [-0.2, 0) is 5.60 Å². The minimum absolute atomic E-state index is 0.570. The highest BCUT2D eigenvalue weighted by molar-refractivity contribution is 5.44. The Bertz CT molecular complexity index is 467. The lowest BCUT2D eigenvalue weighted by molar-refractivity contribution is -0.0341. The van der Waals surface area contributed by atoms with E-state index in [1.165, 1.54) is 0 Å². The third kappa shape index (κ3) is 2.64. The molecule has 0 saturated heterocycles. The molecule has 0 radical (unpaired) electrons. The molecule has 0 heterocycles. The molecule has 19 heavy (non-hydrogen) atoms. The number of hydrogen-bond acceptors (Lipinski definition) is 2. The maximum atomic E-state index is 11.1. The summed E-state index contributed by atoms with van der Waals surface area (Å²) < 4.78 is 5.36. The molecule has 0 amide bonds. The van der Waals surface area contributed by atoms with Crippen molar-refractivity contribution in [1.82, 2.24) is 0 Å². The summed E-state index contributed by atoms with van der Waals surface area (Å²) in [5, 5.41) is 11.1. The first-order valence-electron chi connectivity index (χ1n) is 7.25. The molecule has 2 heteroatoms. The van der Waals surface area contributed by atoms with Gasteiger partial charge in [0, 0.05) is 0 Å². The number of rotatable bonds is 2. The van der Waals surface area contributed by atoms with Crippen molar-refractivity contribution in [2.45, 2.75) is 52.6 Å². The highest BCUT2D eigenvalue weighted by atomic mass is 16.5. The van der Waals surface area contributed by atoms with Crippen molar-refractivity contribution in [3.63, 3.8) is 0 Å². The predicted molar refractivity (Wildman–Crippen MR) is 78.5 cm³/mol. The van der Waals surface area contributed by atoms with Gasteiger partial charge in [-0.15, -0.1) is 0 Å². The van der Waals surface area contributed by atoms with Gasteiger partial charge in [0.05, 0.1) is 12.7 Å². The Kier molecular flexibility index (Phi) is 3.91. The Labute approximate surface area is 116 Å². The molecular weight excluding hydrogens is 236 g/mol. The largest absolute Gasteiger partial charge is 0.496 e. The van der Waals surface area contributed by atoms with E-state index in [9.17, 15) is 5.11 Å². The molecule has 1 fully saturated rings. The van der Waals surface area contributed by atoms with Crippen LogP contribution >= 0.6 is 0 Å². The summed E-state index contributed by atoms with van der Waals surface area (Å²) in [5.74, 6) is 2.18. The van der Waals surface area contributed by atoms with Gasteiger partial charge in [0.25, 0.3) is 0 Å². The second-order valence-electron chi connectivity index (χ2n) is 6.37. The molecule has 1 N–H and O–H groups in total. The van der Waals surface area contributed by atoms with Crippen molar-refractivity contribution in [2.75, 3.05) is 7.11 Å². The molecule has 1 aliphatic rings. The van der Waals surface area contributed by atoms with Crippen LogP contribution in [0.5, 0.6) is 5.75 Å². The fourth-order valence-corrected chi connectivity index (χ4v) is 3.34. The van der Waals surface area contributed by atoms with Gasteiger partial charge in [0.2, 0.25) is 0 Å². The summed E-state index contributed by atoms with van der Waals surface area (Å²) in [6.07, 6.45) is 2.83. The average molecular weight is 262 g/mol. The number of aliphatic hydroxyl groups is 1.